The number of piperazine rings is 1. The van der Waals surface area contributed by atoms with E-state index in [4.69, 9.17) is 11.6 Å². The Morgan fingerprint density at radius 3 is 1.96 bits per heavy atom. The second-order valence-corrected chi connectivity index (χ2v) is 7.41. The summed E-state index contributed by atoms with van der Waals surface area (Å²) in [6.45, 7) is 5.13. The van der Waals surface area contributed by atoms with E-state index in [0.717, 1.165) is 32.7 Å². The van der Waals surface area contributed by atoms with Gasteiger partial charge in [0.2, 0.25) is 0 Å². The minimum absolute atomic E-state index is 0.310. The first-order valence-electron chi connectivity index (χ1n) is 9.46. The van der Waals surface area contributed by atoms with Gasteiger partial charge < -0.3 is 0 Å². The van der Waals surface area contributed by atoms with Crippen molar-refractivity contribution in [2.75, 3.05) is 26.2 Å². The lowest BCUT2D eigenvalue weighted by atomic mass is 9.96. The van der Waals surface area contributed by atoms with E-state index >= 15 is 0 Å². The van der Waals surface area contributed by atoms with Gasteiger partial charge in [0, 0.05) is 38.9 Å². The number of rotatable bonds is 5. The topological polar surface area (TPSA) is 19.4 Å². The Bertz CT molecular complexity index is 806. The summed E-state index contributed by atoms with van der Waals surface area (Å²) in [6, 6.07) is 26.0. The first-order valence-corrected chi connectivity index (χ1v) is 9.84. The van der Waals surface area contributed by atoms with Crippen LogP contribution in [0.25, 0.3) is 0 Å². The Labute approximate surface area is 166 Å². The molecular formula is C23H24ClN3. The minimum atomic E-state index is 0.310. The summed E-state index contributed by atoms with van der Waals surface area (Å²) >= 11 is 6.03. The number of pyridine rings is 1. The van der Waals surface area contributed by atoms with Gasteiger partial charge in [-0.3, -0.25) is 9.80 Å². The highest BCUT2D eigenvalue weighted by Gasteiger charge is 2.26. The molecule has 0 aliphatic carbocycles. The lowest BCUT2D eigenvalue weighted by molar-refractivity contribution is 0.105. The molecule has 1 aromatic heterocycles. The summed E-state index contributed by atoms with van der Waals surface area (Å²) in [7, 11) is 0. The average Bonchev–Trinajstić information content (AvgIpc) is 2.71. The molecule has 27 heavy (non-hydrogen) atoms. The fourth-order valence-corrected chi connectivity index (χ4v) is 4.06. The van der Waals surface area contributed by atoms with Crippen molar-refractivity contribution in [3.05, 3.63) is 101 Å². The van der Waals surface area contributed by atoms with Crippen LogP contribution in [0.2, 0.25) is 5.15 Å². The maximum absolute atomic E-state index is 6.03. The predicted octanol–water partition coefficient (Wildman–Crippen LogP) is 4.64. The zero-order valence-electron chi connectivity index (χ0n) is 15.3. The van der Waals surface area contributed by atoms with Gasteiger partial charge in [0.05, 0.1) is 6.04 Å². The van der Waals surface area contributed by atoms with Crippen molar-refractivity contribution in [1.82, 2.24) is 14.8 Å². The van der Waals surface area contributed by atoms with Crippen LogP contribution in [-0.2, 0) is 6.54 Å². The smallest absolute Gasteiger partial charge is 0.129 e. The number of hydrogen-bond donors (Lipinski definition) is 0. The van der Waals surface area contributed by atoms with Crippen molar-refractivity contribution >= 4 is 11.6 Å². The zero-order chi connectivity index (χ0) is 18.5. The van der Waals surface area contributed by atoms with Crippen molar-refractivity contribution in [3.8, 4) is 0 Å². The fraction of sp³-hybridized carbons (Fsp3) is 0.261. The van der Waals surface area contributed by atoms with Crippen LogP contribution in [0.3, 0.4) is 0 Å². The molecule has 1 saturated heterocycles. The third-order valence-corrected chi connectivity index (χ3v) is 5.41. The SMILES string of the molecule is Clc1cc(CN2CCN(C(c3ccccc3)c3ccccc3)CC2)ccn1. The molecule has 0 unspecified atom stereocenters. The minimum Gasteiger partial charge on any atom is -0.297 e. The molecular weight excluding hydrogens is 354 g/mol. The summed E-state index contributed by atoms with van der Waals surface area (Å²) in [5, 5.41) is 0.569. The van der Waals surface area contributed by atoms with Crippen LogP contribution < -0.4 is 0 Å². The zero-order valence-corrected chi connectivity index (χ0v) is 16.1. The van der Waals surface area contributed by atoms with E-state index in [1.165, 1.54) is 16.7 Å². The van der Waals surface area contributed by atoms with E-state index in [0.29, 0.717) is 11.2 Å². The number of halogens is 1. The van der Waals surface area contributed by atoms with E-state index in [-0.39, 0.29) is 0 Å². The maximum atomic E-state index is 6.03. The number of hydrogen-bond acceptors (Lipinski definition) is 3. The summed E-state index contributed by atoms with van der Waals surface area (Å²) in [5.41, 5.74) is 3.95. The predicted molar refractivity (Wildman–Crippen MR) is 111 cm³/mol. The molecule has 1 aliphatic heterocycles. The van der Waals surface area contributed by atoms with Gasteiger partial charge >= 0.3 is 0 Å². The fourth-order valence-electron chi connectivity index (χ4n) is 3.86. The van der Waals surface area contributed by atoms with Crippen molar-refractivity contribution in [1.29, 1.82) is 0 Å². The van der Waals surface area contributed by atoms with Crippen LogP contribution in [0.1, 0.15) is 22.7 Å². The monoisotopic (exact) mass is 377 g/mol. The van der Waals surface area contributed by atoms with Crippen molar-refractivity contribution in [3.63, 3.8) is 0 Å². The molecule has 0 N–H and O–H groups in total. The average molecular weight is 378 g/mol. The molecule has 3 aromatic rings. The van der Waals surface area contributed by atoms with Gasteiger partial charge in [-0.1, -0.05) is 72.3 Å². The highest BCUT2D eigenvalue weighted by atomic mass is 35.5. The highest BCUT2D eigenvalue weighted by Crippen LogP contribution is 2.29. The second kappa shape index (κ2) is 8.66. The van der Waals surface area contributed by atoms with Crippen LogP contribution >= 0.6 is 11.6 Å². The molecule has 0 amide bonds. The van der Waals surface area contributed by atoms with Crippen molar-refractivity contribution < 1.29 is 0 Å². The second-order valence-electron chi connectivity index (χ2n) is 7.02. The van der Waals surface area contributed by atoms with Gasteiger partial charge in [-0.05, 0) is 28.8 Å². The van der Waals surface area contributed by atoms with Gasteiger partial charge in [0.1, 0.15) is 5.15 Å². The van der Waals surface area contributed by atoms with Crippen LogP contribution in [0.15, 0.2) is 79.0 Å². The van der Waals surface area contributed by atoms with Gasteiger partial charge in [0.25, 0.3) is 0 Å². The first kappa shape index (κ1) is 18.2. The summed E-state index contributed by atoms with van der Waals surface area (Å²) in [4.78, 5) is 9.17. The highest BCUT2D eigenvalue weighted by molar-refractivity contribution is 6.29. The van der Waals surface area contributed by atoms with E-state index in [9.17, 15) is 0 Å². The van der Waals surface area contributed by atoms with E-state index in [1.807, 2.05) is 6.07 Å². The Kier molecular flexibility index (Phi) is 5.83. The Morgan fingerprint density at radius 1 is 0.815 bits per heavy atom. The Hall–Kier alpha value is -2.20. The molecule has 4 rings (SSSR count). The molecule has 0 saturated carbocycles. The van der Waals surface area contributed by atoms with Gasteiger partial charge in [-0.25, -0.2) is 4.98 Å². The van der Waals surface area contributed by atoms with Crippen LogP contribution in [0.4, 0.5) is 0 Å². The Balaban J connectivity index is 1.47. The molecule has 2 heterocycles. The molecule has 1 aliphatic rings. The molecule has 0 atom stereocenters. The molecule has 1 fully saturated rings. The van der Waals surface area contributed by atoms with Crippen molar-refractivity contribution in [2.24, 2.45) is 0 Å². The van der Waals surface area contributed by atoms with E-state index in [1.54, 1.807) is 6.20 Å². The molecule has 3 nitrogen and oxygen atoms in total. The van der Waals surface area contributed by atoms with Gasteiger partial charge in [-0.2, -0.15) is 0 Å². The lowest BCUT2D eigenvalue weighted by Crippen LogP contribution is -2.47. The number of aromatic nitrogens is 1. The number of nitrogens with zero attached hydrogens (tertiary/aromatic N) is 3. The van der Waals surface area contributed by atoms with Crippen molar-refractivity contribution in [2.45, 2.75) is 12.6 Å². The number of benzene rings is 2. The van der Waals surface area contributed by atoms with Crippen LogP contribution in [-0.4, -0.2) is 41.0 Å². The summed E-state index contributed by atoms with van der Waals surface area (Å²) in [5.74, 6) is 0. The van der Waals surface area contributed by atoms with Gasteiger partial charge in [-0.15, -0.1) is 0 Å². The third kappa shape index (κ3) is 4.56. The molecule has 4 heteroatoms. The molecule has 2 aromatic carbocycles. The van der Waals surface area contributed by atoms with Gasteiger partial charge in [0.15, 0.2) is 0 Å². The largest absolute Gasteiger partial charge is 0.297 e. The first-order chi connectivity index (χ1) is 13.3. The normalized spacial score (nSPS) is 15.9. The third-order valence-electron chi connectivity index (χ3n) is 5.20. The maximum Gasteiger partial charge on any atom is 0.129 e. The van der Waals surface area contributed by atoms with Crippen LogP contribution in [0, 0.1) is 0 Å². The Morgan fingerprint density at radius 2 is 1.41 bits per heavy atom. The van der Waals surface area contributed by atoms with E-state index < -0.39 is 0 Å². The van der Waals surface area contributed by atoms with E-state index in [2.05, 4.69) is 81.5 Å². The standard InChI is InChI=1S/C23H24ClN3/c24-22-17-19(11-12-25-22)18-26-13-15-27(16-14-26)23(20-7-3-1-4-8-20)21-9-5-2-6-10-21/h1-12,17,23H,13-16,18H2. The molecule has 0 bridgehead atoms. The molecule has 0 radical (unpaired) electrons. The molecule has 138 valence electrons. The van der Waals surface area contributed by atoms with Crippen LogP contribution in [0.5, 0.6) is 0 Å². The quantitative estimate of drug-likeness (QED) is 0.604. The lowest BCUT2D eigenvalue weighted by Gasteiger charge is -2.39. The summed E-state index contributed by atoms with van der Waals surface area (Å²) < 4.78 is 0. The molecule has 0 spiro atoms. The summed E-state index contributed by atoms with van der Waals surface area (Å²) in [6.07, 6.45) is 1.79.